The lowest BCUT2D eigenvalue weighted by Crippen LogP contribution is -2.17. The van der Waals surface area contributed by atoms with Crippen molar-refractivity contribution in [3.8, 4) is 17.4 Å². The first-order chi connectivity index (χ1) is 9.87. The molecule has 0 aliphatic rings. The largest absolute Gasteiger partial charge is 0.573 e. The minimum atomic E-state index is -4.81. The second-order valence-electron chi connectivity index (χ2n) is 4.21. The van der Waals surface area contributed by atoms with Crippen LogP contribution in [0.5, 0.6) is 17.4 Å². The molecule has 0 atom stereocenters. The number of aryl methyl sites for hydroxylation is 1. The number of pyridine rings is 1. The van der Waals surface area contributed by atoms with E-state index in [9.17, 15) is 13.2 Å². The van der Waals surface area contributed by atoms with Crippen LogP contribution in [0.3, 0.4) is 0 Å². The van der Waals surface area contributed by atoms with Gasteiger partial charge in [0.05, 0.1) is 6.61 Å². The maximum Gasteiger partial charge on any atom is 0.573 e. The standard InChI is InChI=1S/C14H12F3NO3/c1-9-6-10(8-19)7-13(18-9)20-11-4-2-3-5-12(11)21-14(15,16)17/h2-7,19H,8H2,1H3. The second kappa shape index (κ2) is 6.01. The number of nitrogens with zero attached hydrogens (tertiary/aromatic N) is 1. The Morgan fingerprint density at radius 2 is 1.81 bits per heavy atom. The summed E-state index contributed by atoms with van der Waals surface area (Å²) in [6, 6.07) is 8.48. The number of aliphatic hydroxyl groups excluding tert-OH is 1. The van der Waals surface area contributed by atoms with Crippen LogP contribution in [0.25, 0.3) is 0 Å². The smallest absolute Gasteiger partial charge is 0.435 e. The number of halogens is 3. The van der Waals surface area contributed by atoms with Gasteiger partial charge >= 0.3 is 6.36 Å². The van der Waals surface area contributed by atoms with Gasteiger partial charge in [0.2, 0.25) is 5.88 Å². The van der Waals surface area contributed by atoms with E-state index in [2.05, 4.69) is 9.72 Å². The van der Waals surface area contributed by atoms with Gasteiger partial charge in [-0.2, -0.15) is 0 Å². The van der Waals surface area contributed by atoms with E-state index in [1.807, 2.05) is 0 Å². The summed E-state index contributed by atoms with van der Waals surface area (Å²) in [4.78, 5) is 4.04. The van der Waals surface area contributed by atoms with Gasteiger partial charge in [-0.15, -0.1) is 13.2 Å². The van der Waals surface area contributed by atoms with Crippen LogP contribution in [0.15, 0.2) is 36.4 Å². The van der Waals surface area contributed by atoms with E-state index in [0.717, 1.165) is 6.07 Å². The third kappa shape index (κ3) is 4.35. The van der Waals surface area contributed by atoms with E-state index in [1.165, 1.54) is 24.3 Å². The fourth-order valence-electron chi connectivity index (χ4n) is 1.71. The molecule has 0 unspecified atom stereocenters. The molecule has 21 heavy (non-hydrogen) atoms. The Hall–Kier alpha value is -2.28. The van der Waals surface area contributed by atoms with Gasteiger partial charge in [-0.3, -0.25) is 0 Å². The van der Waals surface area contributed by atoms with Crippen LogP contribution >= 0.6 is 0 Å². The van der Waals surface area contributed by atoms with Gasteiger partial charge in [-0.05, 0) is 30.7 Å². The molecule has 0 amide bonds. The van der Waals surface area contributed by atoms with E-state index >= 15 is 0 Å². The Balaban J connectivity index is 2.29. The zero-order valence-electron chi connectivity index (χ0n) is 11.0. The summed E-state index contributed by atoms with van der Waals surface area (Å²) < 4.78 is 46.2. The minimum Gasteiger partial charge on any atom is -0.435 e. The number of ether oxygens (including phenoxy) is 2. The Labute approximate surface area is 118 Å². The summed E-state index contributed by atoms with van der Waals surface area (Å²) in [5.74, 6) is -0.493. The molecule has 1 heterocycles. The fourth-order valence-corrected chi connectivity index (χ4v) is 1.71. The molecular formula is C14H12F3NO3. The van der Waals surface area contributed by atoms with Crippen LogP contribution in [0.1, 0.15) is 11.3 Å². The van der Waals surface area contributed by atoms with Gasteiger partial charge in [-0.1, -0.05) is 12.1 Å². The van der Waals surface area contributed by atoms with E-state index in [-0.39, 0.29) is 18.2 Å². The number of alkyl halides is 3. The van der Waals surface area contributed by atoms with Crippen molar-refractivity contribution in [1.29, 1.82) is 0 Å². The molecule has 0 radical (unpaired) electrons. The predicted octanol–water partition coefficient (Wildman–Crippen LogP) is 3.57. The van der Waals surface area contributed by atoms with Crippen molar-refractivity contribution < 1.29 is 27.8 Å². The molecule has 0 saturated heterocycles. The van der Waals surface area contributed by atoms with Crippen LogP contribution in [0.4, 0.5) is 13.2 Å². The highest BCUT2D eigenvalue weighted by atomic mass is 19.4. The topological polar surface area (TPSA) is 51.6 Å². The van der Waals surface area contributed by atoms with E-state index in [1.54, 1.807) is 13.0 Å². The number of benzene rings is 1. The third-order valence-corrected chi connectivity index (χ3v) is 2.46. The first-order valence-corrected chi connectivity index (χ1v) is 5.98. The van der Waals surface area contributed by atoms with Crippen molar-refractivity contribution in [1.82, 2.24) is 4.98 Å². The third-order valence-electron chi connectivity index (χ3n) is 2.46. The molecule has 0 bridgehead atoms. The summed E-state index contributed by atoms with van der Waals surface area (Å²) in [6.07, 6.45) is -4.81. The molecule has 2 rings (SSSR count). The van der Waals surface area contributed by atoms with Crippen LogP contribution in [0, 0.1) is 6.92 Å². The van der Waals surface area contributed by atoms with Crippen LogP contribution < -0.4 is 9.47 Å². The molecule has 0 aliphatic carbocycles. The van der Waals surface area contributed by atoms with Crippen molar-refractivity contribution in [3.05, 3.63) is 47.7 Å². The highest BCUT2D eigenvalue weighted by molar-refractivity contribution is 5.42. The van der Waals surface area contributed by atoms with Gasteiger partial charge in [0.25, 0.3) is 0 Å². The summed E-state index contributed by atoms with van der Waals surface area (Å²) in [5, 5.41) is 9.10. The normalized spacial score (nSPS) is 11.3. The lowest BCUT2D eigenvalue weighted by molar-refractivity contribution is -0.275. The Kier molecular flexibility index (Phi) is 4.32. The molecule has 0 spiro atoms. The summed E-state index contributed by atoms with van der Waals surface area (Å²) in [5.41, 5.74) is 1.12. The maximum atomic E-state index is 12.3. The van der Waals surface area contributed by atoms with Gasteiger partial charge < -0.3 is 14.6 Å². The first-order valence-electron chi connectivity index (χ1n) is 5.98. The molecule has 0 saturated carbocycles. The number of hydrogen-bond donors (Lipinski definition) is 1. The number of rotatable bonds is 4. The average Bonchev–Trinajstić information content (AvgIpc) is 2.38. The van der Waals surface area contributed by atoms with Gasteiger partial charge in [-0.25, -0.2) is 4.98 Å². The summed E-state index contributed by atoms with van der Waals surface area (Å²) in [7, 11) is 0. The van der Waals surface area contributed by atoms with E-state index in [0.29, 0.717) is 11.3 Å². The van der Waals surface area contributed by atoms with E-state index in [4.69, 9.17) is 9.84 Å². The lowest BCUT2D eigenvalue weighted by atomic mass is 10.2. The van der Waals surface area contributed by atoms with Crippen LogP contribution in [-0.4, -0.2) is 16.5 Å². The van der Waals surface area contributed by atoms with Gasteiger partial charge in [0.15, 0.2) is 11.5 Å². The van der Waals surface area contributed by atoms with Crippen molar-refractivity contribution in [2.75, 3.05) is 0 Å². The molecule has 1 aromatic carbocycles. The predicted molar refractivity (Wildman–Crippen MR) is 68.1 cm³/mol. The van der Waals surface area contributed by atoms with Crippen molar-refractivity contribution in [2.45, 2.75) is 19.9 Å². The number of para-hydroxylation sites is 2. The van der Waals surface area contributed by atoms with E-state index < -0.39 is 12.1 Å². The van der Waals surface area contributed by atoms with Crippen molar-refractivity contribution >= 4 is 0 Å². The molecule has 1 aromatic heterocycles. The number of aliphatic hydroxyl groups is 1. The van der Waals surface area contributed by atoms with Gasteiger partial charge in [0.1, 0.15) is 0 Å². The van der Waals surface area contributed by atoms with Crippen LogP contribution in [0.2, 0.25) is 0 Å². The fraction of sp³-hybridized carbons (Fsp3) is 0.214. The SMILES string of the molecule is Cc1cc(CO)cc(Oc2ccccc2OC(F)(F)F)n1. The second-order valence-corrected chi connectivity index (χ2v) is 4.21. The Morgan fingerprint density at radius 3 is 2.43 bits per heavy atom. The number of aromatic nitrogens is 1. The molecule has 0 fully saturated rings. The zero-order chi connectivity index (χ0) is 15.5. The number of hydrogen-bond acceptors (Lipinski definition) is 4. The zero-order valence-corrected chi connectivity index (χ0v) is 11.0. The monoisotopic (exact) mass is 299 g/mol. The highest BCUT2D eigenvalue weighted by Gasteiger charge is 2.32. The van der Waals surface area contributed by atoms with Crippen molar-refractivity contribution in [3.63, 3.8) is 0 Å². The van der Waals surface area contributed by atoms with Crippen LogP contribution in [-0.2, 0) is 6.61 Å². The quantitative estimate of drug-likeness (QED) is 0.937. The minimum absolute atomic E-state index is 0.0808. The summed E-state index contributed by atoms with van der Waals surface area (Å²) in [6.45, 7) is 1.46. The van der Waals surface area contributed by atoms with Gasteiger partial charge in [0, 0.05) is 11.8 Å². The maximum absolute atomic E-state index is 12.3. The average molecular weight is 299 g/mol. The Morgan fingerprint density at radius 1 is 1.14 bits per heavy atom. The summed E-state index contributed by atoms with van der Waals surface area (Å²) >= 11 is 0. The highest BCUT2D eigenvalue weighted by Crippen LogP contribution is 2.34. The Bertz CT molecular complexity index is 629. The first kappa shape index (κ1) is 15.1. The molecule has 2 aromatic rings. The molecule has 1 N–H and O–H groups in total. The lowest BCUT2D eigenvalue weighted by Gasteiger charge is -2.13. The molecule has 7 heteroatoms. The molecule has 4 nitrogen and oxygen atoms in total. The molecular weight excluding hydrogens is 287 g/mol. The van der Waals surface area contributed by atoms with Crippen molar-refractivity contribution in [2.24, 2.45) is 0 Å². The molecule has 0 aliphatic heterocycles. The molecule has 112 valence electrons.